The summed E-state index contributed by atoms with van der Waals surface area (Å²) in [5.74, 6) is 0.380. The van der Waals surface area contributed by atoms with Crippen LogP contribution in [0.4, 0.5) is 4.79 Å². The summed E-state index contributed by atoms with van der Waals surface area (Å²) in [6.07, 6.45) is 2.56. The van der Waals surface area contributed by atoms with Crippen molar-refractivity contribution in [3.05, 3.63) is 35.4 Å². The van der Waals surface area contributed by atoms with Gasteiger partial charge in [0.15, 0.2) is 0 Å². The molecule has 23 heavy (non-hydrogen) atoms. The van der Waals surface area contributed by atoms with Gasteiger partial charge in [-0.3, -0.25) is 9.69 Å². The van der Waals surface area contributed by atoms with Gasteiger partial charge in [0.2, 0.25) is 0 Å². The molecule has 4 heteroatoms. The van der Waals surface area contributed by atoms with E-state index in [1.54, 1.807) is 0 Å². The maximum atomic E-state index is 13.1. The molecule has 1 aromatic carbocycles. The lowest BCUT2D eigenvalue weighted by atomic mass is 9.64. The Kier molecular flexibility index (Phi) is 3.74. The first-order valence-corrected chi connectivity index (χ1v) is 8.40. The SMILES string of the molecule is Cc1cccc(CN2C(=O)N[C@]3(C[C@@H](C)CC(C)(C)C3)C2=O)c1. The molecule has 1 N–H and O–H groups in total. The van der Waals surface area contributed by atoms with Gasteiger partial charge in [-0.05, 0) is 43.1 Å². The summed E-state index contributed by atoms with van der Waals surface area (Å²) < 4.78 is 0. The number of hydrogen-bond donors (Lipinski definition) is 1. The second kappa shape index (κ2) is 5.36. The van der Waals surface area contributed by atoms with Gasteiger partial charge in [-0.1, -0.05) is 50.6 Å². The Morgan fingerprint density at radius 2 is 2.00 bits per heavy atom. The summed E-state index contributed by atoms with van der Waals surface area (Å²) in [5, 5.41) is 3.03. The largest absolute Gasteiger partial charge is 0.325 e. The minimum absolute atomic E-state index is 0.0522. The molecule has 1 saturated heterocycles. The summed E-state index contributed by atoms with van der Waals surface area (Å²) in [5.41, 5.74) is 1.49. The minimum atomic E-state index is -0.706. The molecule has 2 aliphatic rings. The van der Waals surface area contributed by atoms with Crippen LogP contribution in [0.5, 0.6) is 0 Å². The lowest BCUT2D eigenvalue weighted by Gasteiger charge is -2.43. The van der Waals surface area contributed by atoms with Gasteiger partial charge in [0.05, 0.1) is 6.54 Å². The smallest absolute Gasteiger partial charge is 0.323 e. The van der Waals surface area contributed by atoms with Gasteiger partial charge in [0, 0.05) is 0 Å². The highest BCUT2D eigenvalue weighted by atomic mass is 16.2. The van der Waals surface area contributed by atoms with Gasteiger partial charge in [-0.15, -0.1) is 0 Å². The monoisotopic (exact) mass is 314 g/mol. The third-order valence-corrected chi connectivity index (χ3v) is 5.05. The van der Waals surface area contributed by atoms with Crippen LogP contribution in [0, 0.1) is 18.3 Å². The van der Waals surface area contributed by atoms with E-state index in [0.29, 0.717) is 12.5 Å². The fourth-order valence-electron chi connectivity index (χ4n) is 4.64. The van der Waals surface area contributed by atoms with Crippen LogP contribution in [-0.2, 0) is 11.3 Å². The number of carbonyl (C=O) groups excluding carboxylic acids is 2. The summed E-state index contributed by atoms with van der Waals surface area (Å²) in [4.78, 5) is 26.9. The number of rotatable bonds is 2. The van der Waals surface area contributed by atoms with E-state index in [9.17, 15) is 9.59 Å². The average Bonchev–Trinajstić information content (AvgIpc) is 2.60. The van der Waals surface area contributed by atoms with Gasteiger partial charge >= 0.3 is 6.03 Å². The molecule has 1 aromatic rings. The zero-order valence-corrected chi connectivity index (χ0v) is 14.5. The highest BCUT2D eigenvalue weighted by Gasteiger charge is 2.55. The molecular formula is C19H26N2O2. The molecule has 0 radical (unpaired) electrons. The Morgan fingerprint density at radius 1 is 1.26 bits per heavy atom. The quantitative estimate of drug-likeness (QED) is 0.847. The van der Waals surface area contributed by atoms with Crippen LogP contribution in [0.1, 0.15) is 51.2 Å². The van der Waals surface area contributed by atoms with Gasteiger partial charge in [-0.25, -0.2) is 4.79 Å². The zero-order valence-electron chi connectivity index (χ0n) is 14.5. The van der Waals surface area contributed by atoms with E-state index in [2.05, 4.69) is 26.1 Å². The molecule has 1 spiro atoms. The molecule has 4 nitrogen and oxygen atoms in total. The van der Waals surface area contributed by atoms with Crippen molar-refractivity contribution in [2.45, 2.75) is 59.0 Å². The van der Waals surface area contributed by atoms with Crippen molar-refractivity contribution in [3.8, 4) is 0 Å². The Balaban J connectivity index is 1.85. The van der Waals surface area contributed by atoms with Crippen LogP contribution in [0.2, 0.25) is 0 Å². The predicted molar refractivity (Wildman–Crippen MR) is 89.8 cm³/mol. The normalized spacial score (nSPS) is 29.9. The number of carbonyl (C=O) groups is 2. The number of urea groups is 1. The van der Waals surface area contributed by atoms with Crippen molar-refractivity contribution in [3.63, 3.8) is 0 Å². The lowest BCUT2D eigenvalue weighted by Crippen LogP contribution is -2.54. The molecule has 0 bridgehead atoms. The maximum absolute atomic E-state index is 13.1. The molecule has 124 valence electrons. The Hall–Kier alpha value is -1.84. The van der Waals surface area contributed by atoms with Crippen LogP contribution in [-0.4, -0.2) is 22.4 Å². The molecule has 1 aliphatic carbocycles. The van der Waals surface area contributed by atoms with E-state index in [-0.39, 0.29) is 17.4 Å². The molecular weight excluding hydrogens is 288 g/mol. The third kappa shape index (κ3) is 2.99. The van der Waals surface area contributed by atoms with Crippen molar-refractivity contribution in [1.29, 1.82) is 0 Å². The van der Waals surface area contributed by atoms with Crippen molar-refractivity contribution >= 4 is 11.9 Å². The van der Waals surface area contributed by atoms with Crippen LogP contribution >= 0.6 is 0 Å². The molecule has 2 atom stereocenters. The molecule has 3 amide bonds. The summed E-state index contributed by atoms with van der Waals surface area (Å²) >= 11 is 0. The van der Waals surface area contributed by atoms with Crippen molar-refractivity contribution < 1.29 is 9.59 Å². The second-order valence-electron chi connectivity index (χ2n) is 8.25. The summed E-state index contributed by atoms with van der Waals surface area (Å²) in [6, 6.07) is 7.72. The van der Waals surface area contributed by atoms with E-state index >= 15 is 0 Å². The first-order valence-electron chi connectivity index (χ1n) is 8.40. The third-order valence-electron chi connectivity index (χ3n) is 5.05. The first kappa shape index (κ1) is 16.0. The van der Waals surface area contributed by atoms with Crippen molar-refractivity contribution in [1.82, 2.24) is 10.2 Å². The fourth-order valence-corrected chi connectivity index (χ4v) is 4.64. The van der Waals surface area contributed by atoms with Crippen LogP contribution in [0.3, 0.4) is 0 Å². The summed E-state index contributed by atoms with van der Waals surface area (Å²) in [7, 11) is 0. The molecule has 0 aromatic heterocycles. The number of amides is 3. The van der Waals surface area contributed by atoms with E-state index in [1.807, 2.05) is 31.2 Å². The lowest BCUT2D eigenvalue weighted by molar-refractivity contribution is -0.135. The van der Waals surface area contributed by atoms with Gasteiger partial charge in [-0.2, -0.15) is 0 Å². The molecule has 1 saturated carbocycles. The number of imide groups is 1. The maximum Gasteiger partial charge on any atom is 0.325 e. The second-order valence-corrected chi connectivity index (χ2v) is 8.25. The first-order chi connectivity index (χ1) is 10.7. The van der Waals surface area contributed by atoms with E-state index in [4.69, 9.17) is 0 Å². The highest BCUT2D eigenvalue weighted by molar-refractivity contribution is 6.07. The zero-order chi connectivity index (χ0) is 16.8. The Morgan fingerprint density at radius 3 is 2.65 bits per heavy atom. The number of benzene rings is 1. The van der Waals surface area contributed by atoms with Crippen molar-refractivity contribution in [2.24, 2.45) is 11.3 Å². The molecule has 3 rings (SSSR count). The van der Waals surface area contributed by atoms with Crippen LogP contribution in [0.15, 0.2) is 24.3 Å². The van der Waals surface area contributed by atoms with Gasteiger partial charge in [0.25, 0.3) is 5.91 Å². The molecule has 0 unspecified atom stereocenters. The number of nitrogens with one attached hydrogen (secondary N) is 1. The Labute approximate surface area is 138 Å². The molecule has 1 heterocycles. The fraction of sp³-hybridized carbons (Fsp3) is 0.579. The minimum Gasteiger partial charge on any atom is -0.323 e. The van der Waals surface area contributed by atoms with E-state index in [1.165, 1.54) is 4.90 Å². The van der Waals surface area contributed by atoms with Crippen molar-refractivity contribution in [2.75, 3.05) is 0 Å². The molecule has 2 fully saturated rings. The topological polar surface area (TPSA) is 49.4 Å². The Bertz CT molecular complexity index is 653. The standard InChI is InChI=1S/C19H26N2O2/c1-13-6-5-7-15(8-13)11-21-16(22)19(20-17(21)23)10-14(2)9-18(3,4)12-19/h5-8,14H,9-12H2,1-4H3,(H,20,23)/t14-,19-/m0/s1. The molecule has 1 aliphatic heterocycles. The highest BCUT2D eigenvalue weighted by Crippen LogP contribution is 2.46. The van der Waals surface area contributed by atoms with Gasteiger partial charge in [0.1, 0.15) is 5.54 Å². The van der Waals surface area contributed by atoms with E-state index in [0.717, 1.165) is 30.4 Å². The predicted octanol–water partition coefficient (Wildman–Crippen LogP) is 3.63. The van der Waals surface area contributed by atoms with Crippen LogP contribution in [0.25, 0.3) is 0 Å². The van der Waals surface area contributed by atoms with E-state index < -0.39 is 5.54 Å². The van der Waals surface area contributed by atoms with Gasteiger partial charge < -0.3 is 5.32 Å². The number of nitrogens with zero attached hydrogens (tertiary/aromatic N) is 1. The summed E-state index contributed by atoms with van der Waals surface area (Å²) in [6.45, 7) is 8.91. The van der Waals surface area contributed by atoms with Crippen LogP contribution < -0.4 is 5.32 Å². The average molecular weight is 314 g/mol. The number of aryl methyl sites for hydroxylation is 1. The number of hydrogen-bond acceptors (Lipinski definition) is 2.